The third kappa shape index (κ3) is 5.69. The summed E-state index contributed by atoms with van der Waals surface area (Å²) in [6.45, 7) is 2.68. The molecule has 2 amide bonds. The number of hydrogen-bond donors (Lipinski definition) is 3. The number of hydrogen-bond acceptors (Lipinski definition) is 4. The fourth-order valence-corrected chi connectivity index (χ4v) is 3.22. The first-order valence-corrected chi connectivity index (χ1v) is 8.70. The van der Waals surface area contributed by atoms with Gasteiger partial charge in [0.2, 0.25) is 11.8 Å². The summed E-state index contributed by atoms with van der Waals surface area (Å²) in [4.78, 5) is 23.4. The predicted octanol–water partition coefficient (Wildman–Crippen LogP) is 1.25. The van der Waals surface area contributed by atoms with Crippen molar-refractivity contribution >= 4 is 23.6 Å². The van der Waals surface area contributed by atoms with Crippen molar-refractivity contribution in [1.82, 2.24) is 16.0 Å². The minimum absolute atomic E-state index is 0.00407. The van der Waals surface area contributed by atoms with Gasteiger partial charge in [0.15, 0.2) is 0 Å². The van der Waals surface area contributed by atoms with Crippen LogP contribution in [0.2, 0.25) is 0 Å². The molecule has 5 nitrogen and oxygen atoms in total. The SMILES string of the molecule is CCC1CC(=O)NC(SCC(=O)NCCc2ccccc2)N1. The van der Waals surface area contributed by atoms with Gasteiger partial charge in [-0.3, -0.25) is 14.9 Å². The zero-order chi connectivity index (χ0) is 15.8. The Morgan fingerprint density at radius 3 is 2.86 bits per heavy atom. The van der Waals surface area contributed by atoms with Crippen molar-refractivity contribution in [2.45, 2.75) is 37.7 Å². The number of carbonyl (C=O) groups excluding carboxylic acids is 2. The largest absolute Gasteiger partial charge is 0.355 e. The lowest BCUT2D eigenvalue weighted by molar-refractivity contribution is -0.123. The summed E-state index contributed by atoms with van der Waals surface area (Å²) in [7, 11) is 0. The molecule has 1 aliphatic rings. The van der Waals surface area contributed by atoms with Crippen LogP contribution in [-0.4, -0.2) is 35.7 Å². The van der Waals surface area contributed by atoms with Crippen LogP contribution in [0.5, 0.6) is 0 Å². The first kappa shape index (κ1) is 16.8. The lowest BCUT2D eigenvalue weighted by Crippen LogP contribution is -2.54. The average Bonchev–Trinajstić information content (AvgIpc) is 2.53. The Morgan fingerprint density at radius 1 is 1.36 bits per heavy atom. The maximum absolute atomic E-state index is 11.8. The van der Waals surface area contributed by atoms with E-state index in [4.69, 9.17) is 0 Å². The molecule has 1 aromatic carbocycles. The Bertz CT molecular complexity index is 495. The van der Waals surface area contributed by atoms with Gasteiger partial charge < -0.3 is 10.6 Å². The highest BCUT2D eigenvalue weighted by atomic mass is 32.2. The first-order chi connectivity index (χ1) is 10.7. The second-order valence-corrected chi connectivity index (χ2v) is 6.41. The van der Waals surface area contributed by atoms with Gasteiger partial charge in [0.05, 0.1) is 5.75 Å². The van der Waals surface area contributed by atoms with E-state index in [1.807, 2.05) is 37.3 Å². The molecule has 1 aliphatic heterocycles. The molecule has 3 N–H and O–H groups in total. The summed E-state index contributed by atoms with van der Waals surface area (Å²) < 4.78 is 0. The van der Waals surface area contributed by atoms with Gasteiger partial charge >= 0.3 is 0 Å². The number of thioether (sulfide) groups is 1. The van der Waals surface area contributed by atoms with Crippen LogP contribution in [0.15, 0.2) is 30.3 Å². The van der Waals surface area contributed by atoms with Crippen molar-refractivity contribution in [3.8, 4) is 0 Å². The number of nitrogens with one attached hydrogen (secondary N) is 3. The van der Waals surface area contributed by atoms with E-state index in [-0.39, 0.29) is 23.4 Å². The Labute approximate surface area is 135 Å². The van der Waals surface area contributed by atoms with Gasteiger partial charge in [0.1, 0.15) is 5.50 Å². The maximum Gasteiger partial charge on any atom is 0.230 e. The Morgan fingerprint density at radius 2 is 2.14 bits per heavy atom. The van der Waals surface area contributed by atoms with Crippen LogP contribution in [-0.2, 0) is 16.0 Å². The number of benzene rings is 1. The van der Waals surface area contributed by atoms with E-state index in [1.54, 1.807) is 0 Å². The van der Waals surface area contributed by atoms with E-state index in [0.717, 1.165) is 12.8 Å². The molecule has 0 aliphatic carbocycles. The molecule has 0 radical (unpaired) electrons. The molecule has 2 unspecified atom stereocenters. The minimum Gasteiger partial charge on any atom is -0.355 e. The number of carbonyl (C=O) groups is 2. The smallest absolute Gasteiger partial charge is 0.230 e. The van der Waals surface area contributed by atoms with Crippen LogP contribution in [0.25, 0.3) is 0 Å². The lowest BCUT2D eigenvalue weighted by Gasteiger charge is -2.30. The van der Waals surface area contributed by atoms with Crippen molar-refractivity contribution in [1.29, 1.82) is 0 Å². The molecule has 22 heavy (non-hydrogen) atoms. The highest BCUT2D eigenvalue weighted by molar-refractivity contribution is 8.00. The Balaban J connectivity index is 1.64. The lowest BCUT2D eigenvalue weighted by atomic mass is 10.1. The predicted molar refractivity (Wildman–Crippen MR) is 89.4 cm³/mol. The van der Waals surface area contributed by atoms with Crippen LogP contribution < -0.4 is 16.0 Å². The molecule has 0 saturated carbocycles. The van der Waals surface area contributed by atoms with Crippen LogP contribution in [0.3, 0.4) is 0 Å². The van der Waals surface area contributed by atoms with Crippen molar-refractivity contribution in [2.24, 2.45) is 0 Å². The van der Waals surface area contributed by atoms with Gasteiger partial charge in [0.25, 0.3) is 0 Å². The fourth-order valence-electron chi connectivity index (χ4n) is 2.30. The van der Waals surface area contributed by atoms with Crippen LogP contribution in [0, 0.1) is 0 Å². The van der Waals surface area contributed by atoms with Crippen molar-refractivity contribution < 1.29 is 9.59 Å². The van der Waals surface area contributed by atoms with Gasteiger partial charge in [-0.25, -0.2) is 0 Å². The molecular formula is C16H23N3O2S. The molecular weight excluding hydrogens is 298 g/mol. The van der Waals surface area contributed by atoms with Crippen LogP contribution in [0.1, 0.15) is 25.3 Å². The van der Waals surface area contributed by atoms with Gasteiger partial charge in [-0.2, -0.15) is 0 Å². The summed E-state index contributed by atoms with van der Waals surface area (Å²) in [6.07, 6.45) is 2.25. The molecule has 0 aromatic heterocycles. The van der Waals surface area contributed by atoms with Crippen molar-refractivity contribution in [3.05, 3.63) is 35.9 Å². The second-order valence-electron chi connectivity index (χ2n) is 5.32. The summed E-state index contributed by atoms with van der Waals surface area (Å²) in [5, 5.41) is 9.08. The molecule has 120 valence electrons. The highest BCUT2D eigenvalue weighted by Gasteiger charge is 2.25. The van der Waals surface area contributed by atoms with E-state index in [0.29, 0.717) is 18.7 Å². The van der Waals surface area contributed by atoms with E-state index in [2.05, 4.69) is 16.0 Å². The average molecular weight is 321 g/mol. The summed E-state index contributed by atoms with van der Waals surface area (Å²) >= 11 is 1.42. The first-order valence-electron chi connectivity index (χ1n) is 7.65. The molecule has 1 aromatic rings. The normalized spacial score (nSPS) is 21.2. The molecule has 0 spiro atoms. The van der Waals surface area contributed by atoms with Crippen molar-refractivity contribution in [2.75, 3.05) is 12.3 Å². The Kier molecular flexibility index (Phi) is 6.74. The zero-order valence-electron chi connectivity index (χ0n) is 12.8. The van der Waals surface area contributed by atoms with Crippen LogP contribution >= 0.6 is 11.8 Å². The zero-order valence-corrected chi connectivity index (χ0v) is 13.6. The van der Waals surface area contributed by atoms with Gasteiger partial charge in [-0.1, -0.05) is 37.3 Å². The third-order valence-electron chi connectivity index (χ3n) is 3.56. The molecule has 6 heteroatoms. The monoisotopic (exact) mass is 321 g/mol. The molecule has 0 bridgehead atoms. The number of amides is 2. The minimum atomic E-state index is -0.175. The maximum atomic E-state index is 11.8. The van der Waals surface area contributed by atoms with E-state index in [9.17, 15) is 9.59 Å². The molecule has 2 rings (SSSR count). The van der Waals surface area contributed by atoms with Gasteiger partial charge in [-0.15, -0.1) is 11.8 Å². The fraction of sp³-hybridized carbons (Fsp3) is 0.500. The summed E-state index contributed by atoms with van der Waals surface area (Å²) in [5.74, 6) is 0.381. The van der Waals surface area contributed by atoms with E-state index < -0.39 is 0 Å². The summed E-state index contributed by atoms with van der Waals surface area (Å²) in [6, 6.07) is 10.3. The number of rotatable bonds is 7. The van der Waals surface area contributed by atoms with Gasteiger partial charge in [0, 0.05) is 19.0 Å². The van der Waals surface area contributed by atoms with Crippen molar-refractivity contribution in [3.63, 3.8) is 0 Å². The van der Waals surface area contributed by atoms with E-state index >= 15 is 0 Å². The Hall–Kier alpha value is -1.53. The quantitative estimate of drug-likeness (QED) is 0.707. The molecule has 1 fully saturated rings. The molecule has 1 heterocycles. The highest BCUT2D eigenvalue weighted by Crippen LogP contribution is 2.13. The topological polar surface area (TPSA) is 70.2 Å². The third-order valence-corrected chi connectivity index (χ3v) is 4.58. The van der Waals surface area contributed by atoms with Crippen LogP contribution in [0.4, 0.5) is 0 Å². The van der Waals surface area contributed by atoms with Gasteiger partial charge in [-0.05, 0) is 18.4 Å². The van der Waals surface area contributed by atoms with E-state index in [1.165, 1.54) is 17.3 Å². The standard InChI is InChI=1S/C16H23N3O2S/c1-2-13-10-14(20)19-16(18-13)22-11-15(21)17-9-8-12-6-4-3-5-7-12/h3-7,13,16,18H,2,8-11H2,1H3,(H,17,21)(H,19,20). The second kappa shape index (κ2) is 8.80. The molecule has 2 atom stereocenters. The molecule has 1 saturated heterocycles. The summed E-state index contributed by atoms with van der Waals surface area (Å²) in [5.41, 5.74) is 1.04.